The number of benzene rings is 1. The maximum Gasteiger partial charge on any atom is 0.249 e. The fourth-order valence-electron chi connectivity index (χ4n) is 4.60. The number of β-amino-alcohol motifs (C(OH)–C–C–N with tert-alkyl or cyclic N) is 1. The predicted octanol–water partition coefficient (Wildman–Crippen LogP) is 2.78. The zero-order valence-electron chi connectivity index (χ0n) is 18.9. The Morgan fingerprint density at radius 2 is 1.75 bits per heavy atom. The van der Waals surface area contributed by atoms with Crippen LogP contribution < -0.4 is 16.4 Å². The first-order valence-corrected chi connectivity index (χ1v) is 11.9. The molecule has 0 aliphatic carbocycles. The molecule has 2 aliphatic heterocycles. The van der Waals surface area contributed by atoms with E-state index < -0.39 is 0 Å². The summed E-state index contributed by atoms with van der Waals surface area (Å²) < 4.78 is 0. The summed E-state index contributed by atoms with van der Waals surface area (Å²) in [6.07, 6.45) is 8.24. The van der Waals surface area contributed by atoms with Gasteiger partial charge < -0.3 is 21.1 Å². The first-order chi connectivity index (χ1) is 15.0. The molecule has 0 aromatic heterocycles. The van der Waals surface area contributed by atoms with Gasteiger partial charge in [-0.05, 0) is 75.4 Å². The number of nitrogens with two attached hydrogens (primary N) is 1. The third-order valence-electron chi connectivity index (χ3n) is 6.51. The second-order valence-corrected chi connectivity index (χ2v) is 8.99. The van der Waals surface area contributed by atoms with Crippen LogP contribution in [0.5, 0.6) is 0 Å². The lowest BCUT2D eigenvalue weighted by molar-refractivity contribution is -0.133. The van der Waals surface area contributed by atoms with E-state index in [4.69, 9.17) is 5.73 Å². The molecule has 7 nitrogen and oxygen atoms in total. The number of aliphatic hydroxyl groups is 1. The third kappa shape index (κ3) is 8.35. The molecule has 2 unspecified atom stereocenters. The molecular formula is C24H39ClN4O3. The van der Waals surface area contributed by atoms with Crippen LogP contribution in [0.1, 0.15) is 69.3 Å². The van der Waals surface area contributed by atoms with Crippen LogP contribution in [0.4, 0.5) is 5.69 Å². The Morgan fingerprint density at radius 1 is 1.06 bits per heavy atom. The number of amides is 2. The van der Waals surface area contributed by atoms with Gasteiger partial charge in [0, 0.05) is 18.7 Å². The molecule has 2 saturated heterocycles. The lowest BCUT2D eigenvalue weighted by Crippen LogP contribution is -2.47. The van der Waals surface area contributed by atoms with Gasteiger partial charge in [-0.2, -0.15) is 0 Å². The van der Waals surface area contributed by atoms with E-state index in [1.165, 1.54) is 5.56 Å². The molecule has 2 atom stereocenters. The van der Waals surface area contributed by atoms with Crippen molar-refractivity contribution in [2.45, 2.75) is 75.9 Å². The molecule has 3 rings (SSSR count). The number of nitrogens with one attached hydrogen (secondary N) is 2. The lowest BCUT2D eigenvalue weighted by Gasteiger charge is -2.33. The van der Waals surface area contributed by atoms with E-state index in [2.05, 4.69) is 27.7 Å². The average molecular weight is 467 g/mol. The van der Waals surface area contributed by atoms with Crippen LogP contribution in [0.15, 0.2) is 24.3 Å². The summed E-state index contributed by atoms with van der Waals surface area (Å²) in [5.74, 6) is 0.0968. The smallest absolute Gasteiger partial charge is 0.249 e. The van der Waals surface area contributed by atoms with Gasteiger partial charge in [-0.15, -0.1) is 12.4 Å². The van der Waals surface area contributed by atoms with Crippen molar-refractivity contribution in [3.8, 4) is 0 Å². The third-order valence-corrected chi connectivity index (χ3v) is 6.51. The summed E-state index contributed by atoms with van der Waals surface area (Å²) in [6.45, 7) is 3.57. The van der Waals surface area contributed by atoms with Crippen LogP contribution in [0, 0.1) is 0 Å². The Morgan fingerprint density at radius 3 is 2.41 bits per heavy atom. The molecular weight excluding hydrogens is 428 g/mol. The molecule has 2 aliphatic rings. The Bertz CT molecular complexity index is 708. The van der Waals surface area contributed by atoms with Gasteiger partial charge in [-0.1, -0.05) is 31.4 Å². The molecule has 0 saturated carbocycles. The van der Waals surface area contributed by atoms with Crippen molar-refractivity contribution in [2.24, 2.45) is 5.73 Å². The molecule has 2 amide bonds. The highest BCUT2D eigenvalue weighted by Gasteiger charge is 2.26. The van der Waals surface area contributed by atoms with E-state index in [9.17, 15) is 14.7 Å². The molecule has 2 fully saturated rings. The zero-order chi connectivity index (χ0) is 22.1. The van der Waals surface area contributed by atoms with Crippen LogP contribution in [0.2, 0.25) is 0 Å². The van der Waals surface area contributed by atoms with Gasteiger partial charge in [-0.3, -0.25) is 14.9 Å². The maximum atomic E-state index is 11.9. The van der Waals surface area contributed by atoms with Gasteiger partial charge in [0.05, 0.1) is 6.10 Å². The summed E-state index contributed by atoms with van der Waals surface area (Å²) in [4.78, 5) is 25.6. The van der Waals surface area contributed by atoms with Gasteiger partial charge in [-0.25, -0.2) is 0 Å². The van der Waals surface area contributed by atoms with Gasteiger partial charge in [0.1, 0.15) is 6.04 Å². The second-order valence-electron chi connectivity index (χ2n) is 8.99. The predicted molar refractivity (Wildman–Crippen MR) is 130 cm³/mol. The molecule has 180 valence electrons. The first kappa shape index (κ1) is 26.6. The highest BCUT2D eigenvalue weighted by atomic mass is 35.5. The Labute approximate surface area is 197 Å². The number of aliphatic hydroxyl groups excluding tert-OH is 1. The van der Waals surface area contributed by atoms with Crippen molar-refractivity contribution in [3.63, 3.8) is 0 Å². The summed E-state index contributed by atoms with van der Waals surface area (Å²) in [5, 5.41) is 15.9. The minimum atomic E-state index is -0.348. The van der Waals surface area contributed by atoms with E-state index in [0.717, 1.165) is 76.8 Å². The number of anilines is 1. The molecule has 1 aromatic rings. The van der Waals surface area contributed by atoms with E-state index in [1.807, 2.05) is 12.1 Å². The van der Waals surface area contributed by atoms with Crippen LogP contribution in [0.25, 0.3) is 0 Å². The Hall–Kier alpha value is -1.67. The molecule has 0 radical (unpaired) electrons. The summed E-state index contributed by atoms with van der Waals surface area (Å²) >= 11 is 0. The number of likely N-dealkylation sites (tertiary alicyclic amines) is 1. The van der Waals surface area contributed by atoms with Crippen molar-refractivity contribution < 1.29 is 14.7 Å². The fraction of sp³-hybridized carbons (Fsp3) is 0.667. The van der Waals surface area contributed by atoms with Gasteiger partial charge in [0.15, 0.2) is 0 Å². The van der Waals surface area contributed by atoms with Crippen LogP contribution in [-0.4, -0.2) is 60.1 Å². The highest BCUT2D eigenvalue weighted by molar-refractivity contribution is 6.01. The molecule has 32 heavy (non-hydrogen) atoms. The zero-order valence-corrected chi connectivity index (χ0v) is 19.7. The maximum absolute atomic E-state index is 11.9. The van der Waals surface area contributed by atoms with Crippen molar-refractivity contribution in [1.82, 2.24) is 10.2 Å². The normalized spacial score (nSPS) is 21.0. The number of carbonyl (C=O) groups is 2. The van der Waals surface area contributed by atoms with Gasteiger partial charge >= 0.3 is 0 Å². The van der Waals surface area contributed by atoms with E-state index in [-0.39, 0.29) is 36.4 Å². The molecule has 5 N–H and O–H groups in total. The average Bonchev–Trinajstić information content (AvgIpc) is 2.77. The minimum absolute atomic E-state index is 0. The molecule has 1 aromatic carbocycles. The SMILES string of the molecule is Cl.NCCCCCCC(O)CN1CCC(c2ccc(NC3CCC(=O)NC3=O)cc2)CC1. The van der Waals surface area contributed by atoms with Crippen molar-refractivity contribution >= 4 is 29.9 Å². The highest BCUT2D eigenvalue weighted by Crippen LogP contribution is 2.29. The van der Waals surface area contributed by atoms with Gasteiger partial charge in [0.2, 0.25) is 11.8 Å². The second kappa shape index (κ2) is 13.8. The van der Waals surface area contributed by atoms with E-state index in [1.54, 1.807) is 0 Å². The molecule has 2 heterocycles. The number of hydrogen-bond acceptors (Lipinski definition) is 6. The number of carbonyl (C=O) groups excluding carboxylic acids is 2. The summed E-state index contributed by atoms with van der Waals surface area (Å²) in [7, 11) is 0. The summed E-state index contributed by atoms with van der Waals surface area (Å²) in [5.41, 5.74) is 7.75. The molecule has 8 heteroatoms. The monoisotopic (exact) mass is 466 g/mol. The molecule has 0 spiro atoms. The largest absolute Gasteiger partial charge is 0.392 e. The summed E-state index contributed by atoms with van der Waals surface area (Å²) in [6, 6.07) is 7.99. The van der Waals surface area contributed by atoms with Crippen LogP contribution in [0.3, 0.4) is 0 Å². The number of unbranched alkanes of at least 4 members (excludes halogenated alkanes) is 3. The van der Waals surface area contributed by atoms with Gasteiger partial charge in [0.25, 0.3) is 0 Å². The number of rotatable bonds is 11. The number of imide groups is 1. The first-order valence-electron chi connectivity index (χ1n) is 11.9. The standard InChI is InChI=1S/C24H38N4O3.ClH/c25-14-4-2-1-3-5-21(29)17-28-15-12-19(13-16-28)18-6-8-20(9-7-18)26-22-10-11-23(30)27-24(22)31;/h6-9,19,21-22,26,29H,1-5,10-17,25H2,(H,27,30,31);1H. The quantitative estimate of drug-likeness (QED) is 0.295. The topological polar surface area (TPSA) is 108 Å². The van der Waals surface area contributed by atoms with Crippen LogP contribution in [-0.2, 0) is 9.59 Å². The van der Waals surface area contributed by atoms with Crippen molar-refractivity contribution in [2.75, 3.05) is 31.5 Å². The van der Waals surface area contributed by atoms with E-state index in [0.29, 0.717) is 18.8 Å². The Kier molecular flexibility index (Phi) is 11.4. The number of hydrogen-bond donors (Lipinski definition) is 4. The van der Waals surface area contributed by atoms with E-state index >= 15 is 0 Å². The van der Waals surface area contributed by atoms with Crippen LogP contribution >= 0.6 is 12.4 Å². The fourth-order valence-corrected chi connectivity index (χ4v) is 4.60. The molecule has 0 bridgehead atoms. The lowest BCUT2D eigenvalue weighted by atomic mass is 9.89. The van der Waals surface area contributed by atoms with Crippen molar-refractivity contribution in [3.05, 3.63) is 29.8 Å². The number of piperidine rings is 2. The number of nitrogens with zero attached hydrogens (tertiary/aromatic N) is 1. The number of halogens is 1. The van der Waals surface area contributed by atoms with Crippen molar-refractivity contribution in [1.29, 1.82) is 0 Å². The minimum Gasteiger partial charge on any atom is -0.392 e. The Balaban J connectivity index is 0.00000363.